The molecule has 1 amide bonds. The number of hydrogen-bond acceptors (Lipinski definition) is 4. The lowest BCUT2D eigenvalue weighted by atomic mass is 10.1. The molecule has 2 rings (SSSR count). The van der Waals surface area contributed by atoms with Gasteiger partial charge >= 0.3 is 0 Å². The molecule has 1 fully saturated rings. The Morgan fingerprint density at radius 2 is 2.14 bits per heavy atom. The monoisotopic (exact) mass is 291 g/mol. The number of ether oxygens (including phenoxy) is 1. The van der Waals surface area contributed by atoms with Crippen LogP contribution in [-0.2, 0) is 0 Å². The van der Waals surface area contributed by atoms with E-state index in [0.717, 1.165) is 6.54 Å². The van der Waals surface area contributed by atoms with Gasteiger partial charge in [-0.15, -0.1) is 0 Å². The van der Waals surface area contributed by atoms with E-state index in [2.05, 4.69) is 17.1 Å². The molecule has 0 saturated carbocycles. The van der Waals surface area contributed by atoms with Gasteiger partial charge in [-0.1, -0.05) is 13.0 Å². The van der Waals surface area contributed by atoms with Gasteiger partial charge in [0.25, 0.3) is 5.91 Å². The normalized spacial score (nSPS) is 16.7. The van der Waals surface area contributed by atoms with Gasteiger partial charge in [-0.2, -0.15) is 0 Å². The molecular formula is C16H25N3O2. The summed E-state index contributed by atoms with van der Waals surface area (Å²) in [6.07, 6.45) is 2.58. The van der Waals surface area contributed by atoms with Crippen molar-refractivity contribution in [2.45, 2.75) is 19.8 Å². The van der Waals surface area contributed by atoms with Crippen LogP contribution in [0.5, 0.6) is 5.75 Å². The number of likely N-dealkylation sites (tertiary alicyclic amines) is 1. The molecule has 1 atom stereocenters. The zero-order valence-corrected chi connectivity index (χ0v) is 12.9. The highest BCUT2D eigenvalue weighted by Crippen LogP contribution is 2.25. The topological polar surface area (TPSA) is 67.6 Å². The van der Waals surface area contributed by atoms with Gasteiger partial charge in [-0.05, 0) is 44.0 Å². The van der Waals surface area contributed by atoms with Crippen LogP contribution in [-0.4, -0.2) is 44.1 Å². The molecule has 1 aromatic rings. The third-order valence-electron chi connectivity index (χ3n) is 3.87. The number of benzene rings is 1. The maximum Gasteiger partial charge on any atom is 0.255 e. The molecule has 0 bridgehead atoms. The Labute approximate surface area is 126 Å². The third-order valence-corrected chi connectivity index (χ3v) is 3.87. The molecule has 0 aromatic heterocycles. The van der Waals surface area contributed by atoms with Gasteiger partial charge in [-0.3, -0.25) is 4.79 Å². The molecular weight excluding hydrogens is 266 g/mol. The fraction of sp³-hybridized carbons (Fsp3) is 0.562. The quantitative estimate of drug-likeness (QED) is 0.783. The highest BCUT2D eigenvalue weighted by molar-refractivity contribution is 5.98. The summed E-state index contributed by atoms with van der Waals surface area (Å²) in [5, 5.41) is 2.97. The van der Waals surface area contributed by atoms with Gasteiger partial charge in [0.05, 0.1) is 18.4 Å². The van der Waals surface area contributed by atoms with Gasteiger partial charge in [0.15, 0.2) is 5.75 Å². The number of anilines is 1. The second kappa shape index (κ2) is 7.31. The van der Waals surface area contributed by atoms with Crippen LogP contribution in [0.25, 0.3) is 0 Å². The van der Waals surface area contributed by atoms with Crippen molar-refractivity contribution in [3.8, 4) is 5.75 Å². The first-order valence-electron chi connectivity index (χ1n) is 7.55. The summed E-state index contributed by atoms with van der Waals surface area (Å²) in [6, 6.07) is 5.22. The molecule has 1 aliphatic rings. The number of nitrogens with one attached hydrogen (secondary N) is 1. The third kappa shape index (κ3) is 4.11. The lowest BCUT2D eigenvalue weighted by Gasteiger charge is -2.20. The zero-order valence-electron chi connectivity index (χ0n) is 12.9. The Morgan fingerprint density at radius 3 is 2.81 bits per heavy atom. The Morgan fingerprint density at radius 1 is 1.43 bits per heavy atom. The number of methoxy groups -OCH3 is 1. The molecule has 5 nitrogen and oxygen atoms in total. The van der Waals surface area contributed by atoms with Crippen LogP contribution in [0, 0.1) is 5.92 Å². The van der Waals surface area contributed by atoms with E-state index in [9.17, 15) is 4.79 Å². The van der Waals surface area contributed by atoms with Crippen molar-refractivity contribution in [3.63, 3.8) is 0 Å². The van der Waals surface area contributed by atoms with E-state index in [1.54, 1.807) is 18.2 Å². The van der Waals surface area contributed by atoms with Crippen LogP contribution < -0.4 is 15.8 Å². The summed E-state index contributed by atoms with van der Waals surface area (Å²) in [5.74, 6) is 0.744. The number of nitrogens with two attached hydrogens (primary N) is 1. The number of amides is 1. The van der Waals surface area contributed by atoms with Crippen molar-refractivity contribution in [2.24, 2.45) is 5.92 Å². The lowest BCUT2D eigenvalue weighted by molar-refractivity contribution is 0.0942. The fourth-order valence-electron chi connectivity index (χ4n) is 2.79. The van der Waals surface area contributed by atoms with Gasteiger partial charge in [0.1, 0.15) is 0 Å². The summed E-state index contributed by atoms with van der Waals surface area (Å²) in [7, 11) is 1.53. The Balaban J connectivity index is 1.88. The molecule has 0 aliphatic carbocycles. The molecule has 0 spiro atoms. The van der Waals surface area contributed by atoms with E-state index in [1.165, 1.54) is 33.0 Å². The molecule has 3 N–H and O–H groups in total. The first-order valence-corrected chi connectivity index (χ1v) is 7.55. The van der Waals surface area contributed by atoms with E-state index in [1.807, 2.05) is 0 Å². The molecule has 1 heterocycles. The van der Waals surface area contributed by atoms with Crippen LogP contribution in [0.1, 0.15) is 30.1 Å². The zero-order chi connectivity index (χ0) is 15.2. The fourth-order valence-corrected chi connectivity index (χ4v) is 2.79. The molecule has 1 aliphatic heterocycles. The Kier molecular flexibility index (Phi) is 5.44. The minimum absolute atomic E-state index is 0.132. The van der Waals surface area contributed by atoms with Crippen LogP contribution in [0.2, 0.25) is 0 Å². The van der Waals surface area contributed by atoms with Crippen LogP contribution in [0.4, 0.5) is 5.69 Å². The van der Waals surface area contributed by atoms with E-state index in [4.69, 9.17) is 10.5 Å². The van der Waals surface area contributed by atoms with Crippen molar-refractivity contribution in [1.82, 2.24) is 10.2 Å². The Bertz CT molecular complexity index is 484. The average Bonchev–Trinajstić information content (AvgIpc) is 2.97. The molecule has 1 saturated heterocycles. The van der Waals surface area contributed by atoms with Crippen molar-refractivity contribution in [1.29, 1.82) is 0 Å². The summed E-state index contributed by atoms with van der Waals surface area (Å²) < 4.78 is 5.22. The minimum atomic E-state index is -0.132. The number of nitrogen functional groups attached to an aromatic ring is 1. The minimum Gasteiger partial charge on any atom is -0.494 e. The summed E-state index contributed by atoms with van der Waals surface area (Å²) in [5.41, 5.74) is 6.80. The van der Waals surface area contributed by atoms with Gasteiger partial charge in [0, 0.05) is 13.1 Å². The molecule has 21 heavy (non-hydrogen) atoms. The largest absolute Gasteiger partial charge is 0.494 e. The molecule has 5 heteroatoms. The number of nitrogens with zero attached hydrogens (tertiary/aromatic N) is 1. The van der Waals surface area contributed by atoms with Gasteiger partial charge < -0.3 is 20.7 Å². The first-order chi connectivity index (χ1) is 10.1. The highest BCUT2D eigenvalue weighted by atomic mass is 16.5. The Hall–Kier alpha value is -1.75. The van der Waals surface area contributed by atoms with Crippen molar-refractivity contribution in [3.05, 3.63) is 23.8 Å². The maximum absolute atomic E-state index is 12.3. The highest BCUT2D eigenvalue weighted by Gasteiger charge is 2.17. The van der Waals surface area contributed by atoms with Crippen molar-refractivity contribution >= 4 is 11.6 Å². The van der Waals surface area contributed by atoms with E-state index in [-0.39, 0.29) is 5.91 Å². The smallest absolute Gasteiger partial charge is 0.255 e. The SMILES string of the molecule is COc1c(N)cccc1C(=O)NCC(C)CN1CCCC1. The molecule has 1 unspecified atom stereocenters. The number of carbonyl (C=O) groups excluding carboxylic acids is 1. The summed E-state index contributed by atoms with van der Waals surface area (Å²) >= 11 is 0. The standard InChI is InChI=1S/C16H25N3O2/c1-12(11-19-8-3-4-9-19)10-18-16(20)13-6-5-7-14(17)15(13)21-2/h5-7,12H,3-4,8-11,17H2,1-2H3,(H,18,20). The number of carbonyl (C=O) groups is 1. The number of hydrogen-bond donors (Lipinski definition) is 2. The van der Waals surface area contributed by atoms with E-state index >= 15 is 0 Å². The summed E-state index contributed by atoms with van der Waals surface area (Å²) in [6.45, 7) is 6.22. The second-order valence-electron chi connectivity index (χ2n) is 5.75. The van der Waals surface area contributed by atoms with Crippen LogP contribution in [0.15, 0.2) is 18.2 Å². The number of para-hydroxylation sites is 1. The second-order valence-corrected chi connectivity index (χ2v) is 5.75. The van der Waals surface area contributed by atoms with Crippen LogP contribution >= 0.6 is 0 Å². The maximum atomic E-state index is 12.3. The van der Waals surface area contributed by atoms with Gasteiger partial charge in [-0.25, -0.2) is 0 Å². The average molecular weight is 291 g/mol. The summed E-state index contributed by atoms with van der Waals surface area (Å²) in [4.78, 5) is 14.7. The lowest BCUT2D eigenvalue weighted by Crippen LogP contribution is -2.34. The van der Waals surface area contributed by atoms with Gasteiger partial charge in [0.2, 0.25) is 0 Å². The first kappa shape index (κ1) is 15.6. The van der Waals surface area contributed by atoms with Crippen LogP contribution in [0.3, 0.4) is 0 Å². The predicted octanol–water partition coefficient (Wildman–Crippen LogP) is 1.74. The molecule has 1 aromatic carbocycles. The van der Waals surface area contributed by atoms with Crippen molar-refractivity contribution in [2.75, 3.05) is 39.0 Å². The van der Waals surface area contributed by atoms with E-state index in [0.29, 0.717) is 29.5 Å². The number of rotatable bonds is 6. The van der Waals surface area contributed by atoms with E-state index < -0.39 is 0 Å². The molecule has 116 valence electrons. The predicted molar refractivity (Wildman–Crippen MR) is 84.6 cm³/mol. The molecule has 0 radical (unpaired) electrons. The van der Waals surface area contributed by atoms with Crippen molar-refractivity contribution < 1.29 is 9.53 Å².